The molecular formula is C31H39F2N3O5. The first-order chi connectivity index (χ1) is 19.6. The molecule has 222 valence electrons. The third-order valence-corrected chi connectivity index (χ3v) is 5.76. The standard InChI is InChI=1S/C17H17F2NO.C11H14N2O4.C3H8/c1-10-5-4-6-11(2)16(10)12-7-13(15(9-21)20-3)17(19)14(18)8-12;1-17-8-6-13-5-2-3-9(11(13)16)10(15)12-4-7-14;1-3-2/h4-9,15,20H,1-3H3;2-3,5,7H,4,6,8H2,1H3,(H,12,15);3H2,1-2H3. The summed E-state index contributed by atoms with van der Waals surface area (Å²) in [4.78, 5) is 44.5. The van der Waals surface area contributed by atoms with E-state index in [1.54, 1.807) is 12.3 Å². The molecule has 1 aromatic heterocycles. The van der Waals surface area contributed by atoms with Gasteiger partial charge in [0.2, 0.25) is 0 Å². The van der Waals surface area contributed by atoms with Gasteiger partial charge in [0, 0.05) is 25.4 Å². The van der Waals surface area contributed by atoms with Gasteiger partial charge >= 0.3 is 0 Å². The van der Waals surface area contributed by atoms with E-state index in [0.29, 0.717) is 31.3 Å². The number of nitrogens with zero attached hydrogens (tertiary/aromatic N) is 1. The van der Waals surface area contributed by atoms with Crippen LogP contribution in [0.2, 0.25) is 0 Å². The van der Waals surface area contributed by atoms with E-state index in [1.165, 1.54) is 43.3 Å². The second kappa shape index (κ2) is 18.4. The molecule has 0 aliphatic heterocycles. The maximum atomic E-state index is 13.9. The minimum Gasteiger partial charge on any atom is -0.383 e. The molecule has 1 atom stereocenters. The number of carbonyl (C=O) groups is 3. The van der Waals surface area contributed by atoms with Gasteiger partial charge < -0.3 is 29.5 Å². The van der Waals surface area contributed by atoms with Crippen LogP contribution in [0.3, 0.4) is 0 Å². The Bertz CT molecular complexity index is 1340. The van der Waals surface area contributed by atoms with Gasteiger partial charge in [-0.05, 0) is 67.4 Å². The van der Waals surface area contributed by atoms with Crippen LogP contribution >= 0.6 is 0 Å². The summed E-state index contributed by atoms with van der Waals surface area (Å²) < 4.78 is 34.1. The molecular weight excluding hydrogens is 532 g/mol. The smallest absolute Gasteiger partial charge is 0.263 e. The number of carbonyl (C=O) groups excluding carboxylic acids is 3. The van der Waals surface area contributed by atoms with Gasteiger partial charge in [-0.1, -0.05) is 38.5 Å². The molecule has 3 rings (SSSR count). The molecule has 0 saturated carbocycles. The number of halogens is 2. The number of aromatic nitrogens is 1. The van der Waals surface area contributed by atoms with Gasteiger partial charge in [0.05, 0.1) is 19.2 Å². The number of benzene rings is 2. The summed E-state index contributed by atoms with van der Waals surface area (Å²) in [5.74, 6) is -2.49. The number of hydrogen-bond acceptors (Lipinski definition) is 6. The van der Waals surface area contributed by atoms with Crippen molar-refractivity contribution in [2.24, 2.45) is 0 Å². The van der Waals surface area contributed by atoms with Crippen LogP contribution in [0.5, 0.6) is 0 Å². The van der Waals surface area contributed by atoms with E-state index < -0.39 is 29.1 Å². The quantitative estimate of drug-likeness (QED) is 0.346. The number of likely N-dealkylation sites (N-methyl/N-ethyl adjacent to an activating group) is 1. The zero-order valence-electron chi connectivity index (χ0n) is 24.4. The number of methoxy groups -OCH3 is 1. The molecule has 2 N–H and O–H groups in total. The van der Waals surface area contributed by atoms with Gasteiger partial charge in [-0.25, -0.2) is 8.78 Å². The molecule has 0 spiro atoms. The number of aryl methyl sites for hydroxylation is 2. The van der Waals surface area contributed by atoms with E-state index in [9.17, 15) is 28.0 Å². The number of ether oxygens (including phenoxy) is 1. The lowest BCUT2D eigenvalue weighted by Gasteiger charge is -2.15. The Hall–Kier alpha value is -4.02. The monoisotopic (exact) mass is 571 g/mol. The molecule has 41 heavy (non-hydrogen) atoms. The molecule has 10 heteroatoms. The molecule has 1 heterocycles. The number of aldehydes is 2. The second-order valence-electron chi connectivity index (χ2n) is 9.03. The zero-order chi connectivity index (χ0) is 30.9. The molecule has 2 aromatic carbocycles. The molecule has 0 bridgehead atoms. The number of amides is 1. The number of nitrogens with one attached hydrogen (secondary N) is 2. The molecule has 0 radical (unpaired) electrons. The normalized spacial score (nSPS) is 10.8. The van der Waals surface area contributed by atoms with Crippen molar-refractivity contribution in [3.8, 4) is 11.1 Å². The van der Waals surface area contributed by atoms with Crippen molar-refractivity contribution >= 4 is 18.5 Å². The average Bonchev–Trinajstić information content (AvgIpc) is 2.95. The summed E-state index contributed by atoms with van der Waals surface area (Å²) in [7, 11) is 3.06. The first-order valence-electron chi connectivity index (χ1n) is 13.2. The van der Waals surface area contributed by atoms with Gasteiger partial charge in [-0.2, -0.15) is 0 Å². The van der Waals surface area contributed by atoms with Crippen LogP contribution in [0.1, 0.15) is 53.4 Å². The van der Waals surface area contributed by atoms with E-state index in [2.05, 4.69) is 24.5 Å². The maximum absolute atomic E-state index is 13.9. The highest BCUT2D eigenvalue weighted by atomic mass is 19.2. The average molecular weight is 572 g/mol. The lowest BCUT2D eigenvalue weighted by Crippen LogP contribution is -2.34. The SMILES string of the molecule is CCC.CNC(C=O)c1cc(-c2c(C)cccc2C)cc(F)c1F.COCCn1cccc(C(=O)NCC=O)c1=O. The summed E-state index contributed by atoms with van der Waals surface area (Å²) >= 11 is 0. The summed E-state index contributed by atoms with van der Waals surface area (Å²) in [6.45, 7) is 8.74. The van der Waals surface area contributed by atoms with E-state index in [1.807, 2.05) is 32.0 Å². The zero-order valence-corrected chi connectivity index (χ0v) is 24.4. The molecule has 0 saturated heterocycles. The van der Waals surface area contributed by atoms with E-state index >= 15 is 0 Å². The van der Waals surface area contributed by atoms with Gasteiger partial charge in [-0.3, -0.25) is 9.59 Å². The highest BCUT2D eigenvalue weighted by Gasteiger charge is 2.19. The molecule has 0 aliphatic carbocycles. The van der Waals surface area contributed by atoms with Crippen LogP contribution in [0.15, 0.2) is 53.5 Å². The molecule has 1 amide bonds. The van der Waals surface area contributed by atoms with Crippen LogP contribution in [0, 0.1) is 25.5 Å². The Morgan fingerprint density at radius 3 is 2.24 bits per heavy atom. The minimum atomic E-state index is -0.989. The van der Waals surface area contributed by atoms with Crippen LogP contribution < -0.4 is 16.2 Å². The summed E-state index contributed by atoms with van der Waals surface area (Å²) in [5.41, 5.74) is 3.02. The maximum Gasteiger partial charge on any atom is 0.263 e. The summed E-state index contributed by atoms with van der Waals surface area (Å²) in [6, 6.07) is 10.6. The Balaban J connectivity index is 0.000000381. The topological polar surface area (TPSA) is 106 Å². The first-order valence-corrected chi connectivity index (χ1v) is 13.2. The third-order valence-electron chi connectivity index (χ3n) is 5.76. The van der Waals surface area contributed by atoms with Crippen molar-refractivity contribution in [3.63, 3.8) is 0 Å². The Kier molecular flexibility index (Phi) is 15.7. The highest BCUT2D eigenvalue weighted by Crippen LogP contribution is 2.31. The van der Waals surface area contributed by atoms with Crippen LogP contribution in [-0.2, 0) is 20.9 Å². The number of rotatable bonds is 10. The van der Waals surface area contributed by atoms with Gasteiger partial charge in [-0.15, -0.1) is 0 Å². The summed E-state index contributed by atoms with van der Waals surface area (Å²) in [5, 5.41) is 4.99. The lowest BCUT2D eigenvalue weighted by molar-refractivity contribution is -0.109. The second-order valence-corrected chi connectivity index (χ2v) is 9.03. The molecule has 3 aromatic rings. The Labute approximate surface area is 239 Å². The van der Waals surface area contributed by atoms with Crippen molar-refractivity contribution in [1.29, 1.82) is 0 Å². The van der Waals surface area contributed by atoms with Crippen molar-refractivity contribution < 1.29 is 27.9 Å². The third kappa shape index (κ3) is 10.1. The van der Waals surface area contributed by atoms with Crippen LogP contribution in [0.25, 0.3) is 11.1 Å². The van der Waals surface area contributed by atoms with E-state index in [4.69, 9.17) is 4.74 Å². The van der Waals surface area contributed by atoms with Gasteiger partial charge in [0.1, 0.15) is 18.1 Å². The predicted molar refractivity (Wildman–Crippen MR) is 156 cm³/mol. The van der Waals surface area contributed by atoms with E-state index in [0.717, 1.165) is 16.7 Å². The van der Waals surface area contributed by atoms with Crippen molar-refractivity contribution in [2.75, 3.05) is 27.3 Å². The molecule has 0 fully saturated rings. The van der Waals surface area contributed by atoms with Crippen molar-refractivity contribution in [3.05, 3.63) is 92.9 Å². The fourth-order valence-corrected chi connectivity index (χ4v) is 3.85. The Morgan fingerprint density at radius 1 is 1.07 bits per heavy atom. The fourth-order valence-electron chi connectivity index (χ4n) is 3.85. The first kappa shape index (κ1) is 35.0. The molecule has 0 aliphatic rings. The molecule has 1 unspecified atom stereocenters. The van der Waals surface area contributed by atoms with Crippen molar-refractivity contribution in [2.45, 2.75) is 46.7 Å². The molecule has 8 nitrogen and oxygen atoms in total. The fraction of sp³-hybridized carbons (Fsp3) is 0.355. The van der Waals surface area contributed by atoms with Crippen molar-refractivity contribution in [1.82, 2.24) is 15.2 Å². The minimum absolute atomic E-state index is 0.0187. The number of hydrogen-bond donors (Lipinski definition) is 2. The number of pyridine rings is 1. The highest BCUT2D eigenvalue weighted by molar-refractivity contribution is 5.94. The van der Waals surface area contributed by atoms with Gasteiger partial charge in [0.25, 0.3) is 11.5 Å². The summed E-state index contributed by atoms with van der Waals surface area (Å²) in [6.07, 6.45) is 3.95. The largest absolute Gasteiger partial charge is 0.383 e. The Morgan fingerprint density at radius 2 is 1.71 bits per heavy atom. The van der Waals surface area contributed by atoms with Crippen LogP contribution in [0.4, 0.5) is 8.78 Å². The van der Waals surface area contributed by atoms with Gasteiger partial charge in [0.15, 0.2) is 11.6 Å². The lowest BCUT2D eigenvalue weighted by atomic mass is 9.93. The predicted octanol–water partition coefficient (Wildman–Crippen LogP) is 4.55. The van der Waals surface area contributed by atoms with Crippen LogP contribution in [-0.4, -0.2) is 50.4 Å². The van der Waals surface area contributed by atoms with E-state index in [-0.39, 0.29) is 17.7 Å².